The van der Waals surface area contributed by atoms with Gasteiger partial charge in [0.05, 0.1) is 6.42 Å². The van der Waals surface area contributed by atoms with Crippen molar-refractivity contribution in [2.75, 3.05) is 0 Å². The van der Waals surface area contributed by atoms with E-state index in [4.69, 9.17) is 0 Å². The number of Topliss-reactive ketones (excluding diaryl/α,β-unsaturated/α-hetero) is 3. The molecule has 125 valence electrons. The molecular formula is C18H29O4. The van der Waals surface area contributed by atoms with Crippen molar-refractivity contribution in [3.8, 4) is 0 Å². The summed E-state index contributed by atoms with van der Waals surface area (Å²) in [6.45, 7) is 8.76. The molecule has 22 heavy (non-hydrogen) atoms. The molecule has 0 heterocycles. The fourth-order valence-electron chi connectivity index (χ4n) is 2.20. The van der Waals surface area contributed by atoms with Crippen molar-refractivity contribution in [2.45, 2.75) is 79.6 Å². The Morgan fingerprint density at radius 2 is 1.45 bits per heavy atom. The maximum Gasteiger partial charge on any atom is 0.204 e. The van der Waals surface area contributed by atoms with Crippen molar-refractivity contribution in [3.63, 3.8) is 0 Å². The van der Waals surface area contributed by atoms with Gasteiger partial charge in [-0.05, 0) is 32.6 Å². The van der Waals surface area contributed by atoms with Gasteiger partial charge in [-0.1, -0.05) is 27.7 Å². The molecule has 0 N–H and O–H groups in total. The molecule has 0 saturated carbocycles. The zero-order valence-electron chi connectivity index (χ0n) is 14.6. The fraction of sp³-hybridized carbons (Fsp3) is 0.778. The Morgan fingerprint density at radius 1 is 0.909 bits per heavy atom. The number of hydrogen-bond donors (Lipinski definition) is 0. The summed E-state index contributed by atoms with van der Waals surface area (Å²) in [5.74, 6) is -0.0254. The highest BCUT2D eigenvalue weighted by Gasteiger charge is 2.28. The summed E-state index contributed by atoms with van der Waals surface area (Å²) in [5, 5.41) is 0. The van der Waals surface area contributed by atoms with Crippen molar-refractivity contribution in [1.29, 1.82) is 0 Å². The van der Waals surface area contributed by atoms with E-state index in [0.717, 1.165) is 0 Å². The maximum atomic E-state index is 12.2. The standard InChI is InChI=1S/C18H29O4/c1-14(20)8-6-11-18(4,5)16(22)12-15(21)9-7-10-17(2,3)13-19/h6-12H2,1-5H3. The van der Waals surface area contributed by atoms with Gasteiger partial charge in [-0.3, -0.25) is 14.4 Å². The summed E-state index contributed by atoms with van der Waals surface area (Å²) in [5.41, 5.74) is -1.10. The van der Waals surface area contributed by atoms with Gasteiger partial charge in [0.1, 0.15) is 17.3 Å². The highest BCUT2D eigenvalue weighted by molar-refractivity contribution is 6.01. The van der Waals surface area contributed by atoms with Gasteiger partial charge in [-0.25, -0.2) is 0 Å². The van der Waals surface area contributed by atoms with E-state index in [1.54, 1.807) is 13.8 Å². The molecule has 0 aromatic heterocycles. The fourth-order valence-corrected chi connectivity index (χ4v) is 2.20. The molecular weight excluding hydrogens is 280 g/mol. The smallest absolute Gasteiger partial charge is 0.204 e. The molecule has 1 radical (unpaired) electrons. The second kappa shape index (κ2) is 8.96. The van der Waals surface area contributed by atoms with E-state index < -0.39 is 10.8 Å². The third-order valence-corrected chi connectivity index (χ3v) is 3.98. The molecule has 0 atom stereocenters. The third kappa shape index (κ3) is 8.85. The minimum Gasteiger partial charge on any atom is -0.300 e. The van der Waals surface area contributed by atoms with Crippen LogP contribution in [0.1, 0.15) is 79.6 Å². The Bertz CT molecular complexity index is 419. The predicted octanol–water partition coefficient (Wildman–Crippen LogP) is 3.61. The lowest BCUT2D eigenvalue weighted by Crippen LogP contribution is -2.26. The quantitative estimate of drug-likeness (QED) is 0.516. The van der Waals surface area contributed by atoms with E-state index in [1.807, 2.05) is 20.1 Å². The number of hydrogen-bond acceptors (Lipinski definition) is 4. The van der Waals surface area contributed by atoms with Crippen LogP contribution in [0.5, 0.6) is 0 Å². The Morgan fingerprint density at radius 3 is 1.95 bits per heavy atom. The lowest BCUT2D eigenvalue weighted by molar-refractivity contribution is -0.133. The third-order valence-electron chi connectivity index (χ3n) is 3.98. The SMILES string of the molecule is CC(=O)CCCC(C)(C)C(=O)CC(=O)CCCC(C)(C)[C]=O. The van der Waals surface area contributed by atoms with E-state index >= 15 is 0 Å². The van der Waals surface area contributed by atoms with Crippen LogP contribution in [0.4, 0.5) is 0 Å². The van der Waals surface area contributed by atoms with E-state index in [1.165, 1.54) is 6.92 Å². The molecule has 4 heteroatoms. The highest BCUT2D eigenvalue weighted by Crippen LogP contribution is 2.27. The second-order valence-electron chi connectivity index (χ2n) is 7.42. The zero-order valence-corrected chi connectivity index (χ0v) is 14.6. The average molecular weight is 309 g/mol. The first kappa shape index (κ1) is 20.7. The number of rotatable bonds is 12. The van der Waals surface area contributed by atoms with Crippen LogP contribution in [0, 0.1) is 10.8 Å². The van der Waals surface area contributed by atoms with E-state index in [2.05, 4.69) is 0 Å². The molecule has 0 unspecified atom stereocenters. The Hall–Kier alpha value is -1.32. The van der Waals surface area contributed by atoms with Crippen LogP contribution < -0.4 is 0 Å². The van der Waals surface area contributed by atoms with Crippen LogP contribution in [0.3, 0.4) is 0 Å². The summed E-state index contributed by atoms with van der Waals surface area (Å²) in [4.78, 5) is 45.7. The molecule has 0 aromatic rings. The van der Waals surface area contributed by atoms with Crippen LogP contribution in [0.2, 0.25) is 0 Å². The van der Waals surface area contributed by atoms with Crippen LogP contribution >= 0.6 is 0 Å². The van der Waals surface area contributed by atoms with Gasteiger partial charge >= 0.3 is 0 Å². The number of ketones is 3. The molecule has 0 aromatic carbocycles. The molecule has 0 spiro atoms. The van der Waals surface area contributed by atoms with Gasteiger partial charge in [0.25, 0.3) is 0 Å². The molecule has 4 nitrogen and oxygen atoms in total. The summed E-state index contributed by atoms with van der Waals surface area (Å²) < 4.78 is 0. The summed E-state index contributed by atoms with van der Waals surface area (Å²) in [6, 6.07) is 0. The van der Waals surface area contributed by atoms with Crippen molar-refractivity contribution < 1.29 is 19.2 Å². The summed E-state index contributed by atoms with van der Waals surface area (Å²) in [7, 11) is 0. The molecule has 0 aliphatic heterocycles. The van der Waals surface area contributed by atoms with Crippen LogP contribution in [0.25, 0.3) is 0 Å². The average Bonchev–Trinajstić information content (AvgIpc) is 2.37. The van der Waals surface area contributed by atoms with Crippen LogP contribution in [0.15, 0.2) is 0 Å². The molecule has 0 bridgehead atoms. The lowest BCUT2D eigenvalue weighted by Gasteiger charge is -2.22. The summed E-state index contributed by atoms with van der Waals surface area (Å²) >= 11 is 0. The van der Waals surface area contributed by atoms with Crippen LogP contribution in [-0.2, 0) is 19.2 Å². The topological polar surface area (TPSA) is 68.3 Å². The van der Waals surface area contributed by atoms with Crippen LogP contribution in [-0.4, -0.2) is 23.6 Å². The maximum absolute atomic E-state index is 12.2. The lowest BCUT2D eigenvalue weighted by atomic mass is 9.80. The largest absolute Gasteiger partial charge is 0.300 e. The molecule has 0 fully saturated rings. The molecule has 0 aliphatic carbocycles. The zero-order chi connectivity index (χ0) is 17.4. The minimum absolute atomic E-state index is 0.0572. The molecule has 0 amide bonds. The number of carbonyl (C=O) groups excluding carboxylic acids is 4. The Balaban J connectivity index is 4.19. The first-order chi connectivity index (χ1) is 10.00. The predicted molar refractivity (Wildman–Crippen MR) is 86.3 cm³/mol. The highest BCUT2D eigenvalue weighted by atomic mass is 16.2. The first-order valence-electron chi connectivity index (χ1n) is 7.94. The molecule has 0 saturated heterocycles. The van der Waals surface area contributed by atoms with E-state index in [-0.39, 0.29) is 23.8 Å². The van der Waals surface area contributed by atoms with Gasteiger partial charge in [0.15, 0.2) is 0 Å². The molecule has 0 aliphatic rings. The van der Waals surface area contributed by atoms with E-state index in [0.29, 0.717) is 38.5 Å². The first-order valence-corrected chi connectivity index (χ1v) is 7.94. The van der Waals surface area contributed by atoms with Gasteiger partial charge in [0, 0.05) is 23.7 Å². The monoisotopic (exact) mass is 309 g/mol. The van der Waals surface area contributed by atoms with Crippen molar-refractivity contribution in [1.82, 2.24) is 0 Å². The minimum atomic E-state index is -0.568. The second-order valence-corrected chi connectivity index (χ2v) is 7.42. The van der Waals surface area contributed by atoms with Gasteiger partial charge < -0.3 is 4.79 Å². The Kier molecular flexibility index (Phi) is 8.43. The van der Waals surface area contributed by atoms with Crippen molar-refractivity contribution in [3.05, 3.63) is 0 Å². The summed E-state index contributed by atoms with van der Waals surface area (Å²) in [6.07, 6.45) is 5.17. The van der Waals surface area contributed by atoms with Crippen molar-refractivity contribution >= 4 is 23.6 Å². The van der Waals surface area contributed by atoms with Gasteiger partial charge in [-0.15, -0.1) is 0 Å². The molecule has 0 rings (SSSR count). The normalized spacial score (nSPS) is 12.0. The Labute approximate surface area is 134 Å². The van der Waals surface area contributed by atoms with E-state index in [9.17, 15) is 19.2 Å². The van der Waals surface area contributed by atoms with Gasteiger partial charge in [-0.2, -0.15) is 0 Å². The van der Waals surface area contributed by atoms with Gasteiger partial charge in [0.2, 0.25) is 6.29 Å². The van der Waals surface area contributed by atoms with Crippen molar-refractivity contribution in [2.24, 2.45) is 10.8 Å². The number of carbonyl (C=O) groups is 3.